The lowest BCUT2D eigenvalue weighted by atomic mass is 9.99. The van der Waals surface area contributed by atoms with E-state index in [4.69, 9.17) is 18.9 Å². The van der Waals surface area contributed by atoms with Gasteiger partial charge in [-0.1, -0.05) is 178 Å². The van der Waals surface area contributed by atoms with Crippen LogP contribution in [0, 0.1) is 0 Å². The van der Waals surface area contributed by atoms with E-state index in [-0.39, 0.29) is 19.6 Å². The van der Waals surface area contributed by atoms with Crippen molar-refractivity contribution in [1.29, 1.82) is 0 Å². The Morgan fingerprint density at radius 3 is 1.59 bits per heavy atom. The molecule has 0 amide bonds. The summed E-state index contributed by atoms with van der Waals surface area (Å²) in [6.07, 6.45) is 43.0. The SMILES string of the molecule is CC/C=C\C/C=C\C/C=C\CCCCCC(=O)OC(COCCCCCCCCCCCCCC/C=C\CCCCCCCCCC)COC1OC(CO)C(O)C(OS(=O)(=O)O)C1O. The van der Waals surface area contributed by atoms with E-state index < -0.39 is 59.8 Å². The highest BCUT2D eigenvalue weighted by Crippen LogP contribution is 2.26. The van der Waals surface area contributed by atoms with Crippen LogP contribution in [0.1, 0.15) is 206 Å². The third-order valence-electron chi connectivity index (χ3n) is 11.4. The van der Waals surface area contributed by atoms with Gasteiger partial charge in [0.15, 0.2) is 6.29 Å². The van der Waals surface area contributed by atoms with Crippen molar-refractivity contribution in [2.75, 3.05) is 26.4 Å². The Balaban J connectivity index is 2.32. The first-order chi connectivity index (χ1) is 31.1. The van der Waals surface area contributed by atoms with Crippen LogP contribution in [0.5, 0.6) is 0 Å². The average Bonchev–Trinajstić information content (AvgIpc) is 3.27. The lowest BCUT2D eigenvalue weighted by Crippen LogP contribution is -2.60. The minimum absolute atomic E-state index is 0.0236. The zero-order valence-electron chi connectivity index (χ0n) is 40.1. The molecule has 13 heteroatoms. The molecule has 1 aliphatic rings. The standard InChI is InChI=1S/C51H92O12S/c1-3-5-7-9-11-13-15-17-18-19-20-21-22-23-24-25-26-27-29-31-33-35-37-39-41-59-43-45(44-60-51-49(55)50(63-64(56,57)58)48(54)46(42-52)62-51)61-47(53)40-38-36-34-32-30-28-16-14-12-10-8-6-4-2/h6,8,12,14,19-20,28,30,45-46,48-52,54-55H,3-5,7,9-11,13,15-18,21-27,29,31-44H2,1-2H3,(H,56,57,58)/b8-6-,14-12-,20-19-,30-28-. The number of rotatable bonds is 44. The van der Waals surface area contributed by atoms with Gasteiger partial charge in [0.05, 0.1) is 19.8 Å². The van der Waals surface area contributed by atoms with Crippen molar-refractivity contribution in [2.45, 2.75) is 243 Å². The van der Waals surface area contributed by atoms with Gasteiger partial charge in [-0.3, -0.25) is 9.35 Å². The summed E-state index contributed by atoms with van der Waals surface area (Å²) < 4.78 is 59.1. The summed E-state index contributed by atoms with van der Waals surface area (Å²) in [6, 6.07) is 0. The Hall–Kier alpha value is -1.94. The molecule has 6 atom stereocenters. The fourth-order valence-electron chi connectivity index (χ4n) is 7.62. The third-order valence-corrected chi connectivity index (χ3v) is 11.9. The number of aliphatic hydroxyl groups is 3. The fourth-order valence-corrected chi connectivity index (χ4v) is 8.13. The average molecular weight is 929 g/mol. The molecule has 0 aromatic carbocycles. The van der Waals surface area contributed by atoms with Crippen molar-refractivity contribution in [3.05, 3.63) is 48.6 Å². The summed E-state index contributed by atoms with van der Waals surface area (Å²) in [7, 11) is -5.07. The molecule has 12 nitrogen and oxygen atoms in total. The third kappa shape index (κ3) is 35.3. The van der Waals surface area contributed by atoms with Crippen molar-refractivity contribution >= 4 is 16.4 Å². The number of hydrogen-bond acceptors (Lipinski definition) is 11. The van der Waals surface area contributed by atoms with E-state index in [1.54, 1.807) is 0 Å². The number of aliphatic hydroxyl groups excluding tert-OH is 3. The van der Waals surface area contributed by atoms with Gasteiger partial charge >= 0.3 is 16.4 Å². The van der Waals surface area contributed by atoms with Crippen molar-refractivity contribution in [3.8, 4) is 0 Å². The van der Waals surface area contributed by atoms with Gasteiger partial charge in [0.2, 0.25) is 0 Å². The molecular formula is C51H92O12S. The molecular weight excluding hydrogens is 837 g/mol. The molecule has 1 aliphatic heterocycles. The molecule has 0 aromatic heterocycles. The number of carbonyl (C=O) groups excluding carboxylic acids is 1. The molecule has 6 unspecified atom stereocenters. The maximum atomic E-state index is 12.8. The Bertz CT molecular complexity index is 1300. The normalized spacial score (nSPS) is 20.1. The van der Waals surface area contributed by atoms with Gasteiger partial charge in [0, 0.05) is 13.0 Å². The second-order valence-corrected chi connectivity index (χ2v) is 18.4. The molecule has 0 radical (unpaired) electrons. The molecule has 0 saturated carbocycles. The highest BCUT2D eigenvalue weighted by molar-refractivity contribution is 7.80. The van der Waals surface area contributed by atoms with Crippen LogP contribution in [0.4, 0.5) is 0 Å². The zero-order chi connectivity index (χ0) is 46.8. The largest absolute Gasteiger partial charge is 0.457 e. The van der Waals surface area contributed by atoms with Crippen molar-refractivity contribution < 1.29 is 56.2 Å². The first-order valence-electron chi connectivity index (χ1n) is 25.4. The second-order valence-electron chi connectivity index (χ2n) is 17.4. The summed E-state index contributed by atoms with van der Waals surface area (Å²) in [4.78, 5) is 12.8. The number of hydrogen-bond donors (Lipinski definition) is 4. The maximum absolute atomic E-state index is 12.8. The molecule has 1 fully saturated rings. The monoisotopic (exact) mass is 929 g/mol. The highest BCUT2D eigenvalue weighted by atomic mass is 32.3. The number of ether oxygens (including phenoxy) is 4. The van der Waals surface area contributed by atoms with Gasteiger partial charge in [0.1, 0.15) is 30.5 Å². The highest BCUT2D eigenvalue weighted by Gasteiger charge is 2.48. The van der Waals surface area contributed by atoms with Gasteiger partial charge in [-0.15, -0.1) is 0 Å². The summed E-state index contributed by atoms with van der Waals surface area (Å²) in [5, 5.41) is 30.7. The van der Waals surface area contributed by atoms with Crippen molar-refractivity contribution in [3.63, 3.8) is 0 Å². The lowest BCUT2D eigenvalue weighted by molar-refractivity contribution is -0.301. The maximum Gasteiger partial charge on any atom is 0.397 e. The number of esters is 1. The van der Waals surface area contributed by atoms with E-state index in [0.29, 0.717) is 13.0 Å². The minimum Gasteiger partial charge on any atom is -0.457 e. The summed E-state index contributed by atoms with van der Waals surface area (Å²) in [5.41, 5.74) is 0. The molecule has 4 N–H and O–H groups in total. The van der Waals surface area contributed by atoms with Gasteiger partial charge in [-0.05, 0) is 70.6 Å². The van der Waals surface area contributed by atoms with Crippen LogP contribution >= 0.6 is 0 Å². The first-order valence-corrected chi connectivity index (χ1v) is 26.8. The second kappa shape index (κ2) is 42.4. The van der Waals surface area contributed by atoms with E-state index in [9.17, 15) is 33.1 Å². The van der Waals surface area contributed by atoms with E-state index in [0.717, 1.165) is 57.8 Å². The number of unbranched alkanes of at least 4 members (excludes halogenated alkanes) is 23. The number of carbonyl (C=O) groups is 1. The molecule has 1 heterocycles. The van der Waals surface area contributed by atoms with Gasteiger partial charge < -0.3 is 34.3 Å². The lowest BCUT2D eigenvalue weighted by Gasteiger charge is -2.41. The van der Waals surface area contributed by atoms with E-state index in [1.165, 1.54) is 122 Å². The molecule has 0 aliphatic carbocycles. The van der Waals surface area contributed by atoms with Crippen LogP contribution in [0.2, 0.25) is 0 Å². The van der Waals surface area contributed by atoms with E-state index in [1.807, 2.05) is 0 Å². The van der Waals surface area contributed by atoms with Crippen molar-refractivity contribution in [1.82, 2.24) is 0 Å². The minimum atomic E-state index is -5.07. The predicted molar refractivity (Wildman–Crippen MR) is 257 cm³/mol. The molecule has 0 spiro atoms. The topological polar surface area (TPSA) is 178 Å². The molecule has 0 aromatic rings. The van der Waals surface area contributed by atoms with Crippen LogP contribution in [-0.4, -0.2) is 97.5 Å². The van der Waals surface area contributed by atoms with Crippen molar-refractivity contribution in [2.24, 2.45) is 0 Å². The fraction of sp³-hybridized carbons (Fsp3) is 0.824. The predicted octanol–water partition coefficient (Wildman–Crippen LogP) is 11.5. The van der Waals surface area contributed by atoms with Gasteiger partial charge in [-0.2, -0.15) is 8.42 Å². The molecule has 64 heavy (non-hydrogen) atoms. The van der Waals surface area contributed by atoms with Gasteiger partial charge in [-0.25, -0.2) is 4.18 Å². The Morgan fingerprint density at radius 1 is 0.609 bits per heavy atom. The summed E-state index contributed by atoms with van der Waals surface area (Å²) in [5.74, 6) is -0.427. The van der Waals surface area contributed by atoms with Crippen LogP contribution < -0.4 is 0 Å². The summed E-state index contributed by atoms with van der Waals surface area (Å²) >= 11 is 0. The van der Waals surface area contributed by atoms with Crippen LogP contribution in [-0.2, 0) is 38.3 Å². The van der Waals surface area contributed by atoms with E-state index >= 15 is 0 Å². The van der Waals surface area contributed by atoms with Crippen LogP contribution in [0.25, 0.3) is 0 Å². The summed E-state index contributed by atoms with van der Waals surface area (Å²) in [6.45, 7) is 3.85. The Kier molecular flexibility index (Phi) is 39.8. The Morgan fingerprint density at radius 2 is 1.08 bits per heavy atom. The number of allylic oxidation sites excluding steroid dienone is 8. The molecule has 374 valence electrons. The smallest absolute Gasteiger partial charge is 0.397 e. The quantitative estimate of drug-likeness (QED) is 0.0197. The van der Waals surface area contributed by atoms with E-state index in [2.05, 4.69) is 66.6 Å². The van der Waals surface area contributed by atoms with Crippen LogP contribution in [0.15, 0.2) is 48.6 Å². The van der Waals surface area contributed by atoms with Crippen LogP contribution in [0.3, 0.4) is 0 Å². The Labute approximate surface area is 389 Å². The molecule has 1 rings (SSSR count). The first kappa shape index (κ1) is 60.1. The van der Waals surface area contributed by atoms with Gasteiger partial charge in [0.25, 0.3) is 0 Å². The zero-order valence-corrected chi connectivity index (χ0v) is 40.9. The molecule has 0 bridgehead atoms. The molecule has 1 saturated heterocycles.